The Balaban J connectivity index is 1.51. The van der Waals surface area contributed by atoms with Gasteiger partial charge in [0.1, 0.15) is 5.01 Å². The van der Waals surface area contributed by atoms with Crippen molar-refractivity contribution in [2.75, 3.05) is 0 Å². The summed E-state index contributed by atoms with van der Waals surface area (Å²) in [6, 6.07) is 16.1. The number of para-hydroxylation sites is 1. The largest absolute Gasteiger partial charge is 0.258 e. The zero-order chi connectivity index (χ0) is 15.6. The van der Waals surface area contributed by atoms with Crippen molar-refractivity contribution in [2.24, 2.45) is 0 Å². The van der Waals surface area contributed by atoms with Gasteiger partial charge in [0.05, 0.1) is 16.0 Å². The van der Waals surface area contributed by atoms with Crippen molar-refractivity contribution >= 4 is 49.2 Å². The van der Waals surface area contributed by atoms with Crippen molar-refractivity contribution in [3.63, 3.8) is 0 Å². The minimum Gasteiger partial charge on any atom is -0.258 e. The number of benzene rings is 2. The Morgan fingerprint density at radius 1 is 1.04 bits per heavy atom. The van der Waals surface area contributed by atoms with Gasteiger partial charge in [-0.1, -0.05) is 58.0 Å². The Labute approximate surface area is 149 Å². The molecule has 0 bridgehead atoms. The number of fused-ring (bicyclic) bond motifs is 1. The van der Waals surface area contributed by atoms with Crippen molar-refractivity contribution in [1.82, 2.24) is 20.2 Å². The first kappa shape index (κ1) is 14.9. The van der Waals surface area contributed by atoms with Crippen LogP contribution in [0.1, 0.15) is 5.01 Å². The third-order valence-corrected chi connectivity index (χ3v) is 6.03. The van der Waals surface area contributed by atoms with Gasteiger partial charge in [0.15, 0.2) is 5.82 Å². The monoisotopic (exact) mass is 402 g/mol. The van der Waals surface area contributed by atoms with E-state index in [-0.39, 0.29) is 0 Å². The van der Waals surface area contributed by atoms with E-state index in [2.05, 4.69) is 42.2 Å². The molecule has 0 aliphatic rings. The second-order valence-corrected chi connectivity index (χ2v) is 7.72. The maximum absolute atomic E-state index is 4.63. The van der Waals surface area contributed by atoms with Gasteiger partial charge in [-0.05, 0) is 18.2 Å². The number of hydrogen-bond donors (Lipinski definition) is 1. The van der Waals surface area contributed by atoms with E-state index >= 15 is 0 Å². The number of thiazole rings is 1. The number of aromatic amines is 1. The molecule has 0 unspecified atom stereocenters. The van der Waals surface area contributed by atoms with Crippen molar-refractivity contribution in [2.45, 2.75) is 10.9 Å². The summed E-state index contributed by atoms with van der Waals surface area (Å²) in [5.74, 6) is 1.54. The van der Waals surface area contributed by atoms with Crippen molar-refractivity contribution in [3.8, 4) is 11.4 Å². The smallest absolute Gasteiger partial charge is 0.209 e. The van der Waals surface area contributed by atoms with Crippen LogP contribution < -0.4 is 0 Å². The number of H-pyrrole nitrogens is 1. The standard InChI is InChI=1S/C16H11BrN4S2/c17-11-6-2-1-5-10(11)15-19-16(21-20-15)22-9-14-18-12-7-3-4-8-13(12)23-14/h1-8H,9H2,(H,19,20,21). The summed E-state index contributed by atoms with van der Waals surface area (Å²) >= 11 is 6.84. The molecule has 0 spiro atoms. The topological polar surface area (TPSA) is 54.5 Å². The SMILES string of the molecule is Brc1ccccc1-c1nc(SCc2nc3ccccc3s2)n[nH]1. The lowest BCUT2D eigenvalue weighted by Crippen LogP contribution is -1.82. The van der Waals surface area contributed by atoms with E-state index < -0.39 is 0 Å². The van der Waals surface area contributed by atoms with Crippen LogP contribution in [0.3, 0.4) is 0 Å². The Kier molecular flexibility index (Phi) is 4.15. The molecule has 1 N–H and O–H groups in total. The van der Waals surface area contributed by atoms with E-state index in [1.165, 1.54) is 4.70 Å². The second kappa shape index (κ2) is 6.43. The van der Waals surface area contributed by atoms with Gasteiger partial charge in [0, 0.05) is 10.0 Å². The van der Waals surface area contributed by atoms with Crippen molar-refractivity contribution in [1.29, 1.82) is 0 Å². The molecule has 0 radical (unpaired) electrons. The summed E-state index contributed by atoms with van der Waals surface area (Å²) in [7, 11) is 0. The minimum absolute atomic E-state index is 0.731. The highest BCUT2D eigenvalue weighted by Gasteiger charge is 2.10. The fraction of sp³-hybridized carbons (Fsp3) is 0.0625. The van der Waals surface area contributed by atoms with Gasteiger partial charge in [-0.3, -0.25) is 5.10 Å². The highest BCUT2D eigenvalue weighted by Crippen LogP contribution is 2.29. The average molecular weight is 403 g/mol. The van der Waals surface area contributed by atoms with E-state index in [9.17, 15) is 0 Å². The zero-order valence-electron chi connectivity index (χ0n) is 11.9. The predicted molar refractivity (Wildman–Crippen MR) is 98.7 cm³/mol. The molecule has 2 aromatic heterocycles. The first-order valence-corrected chi connectivity index (χ1v) is 9.54. The van der Waals surface area contributed by atoms with Crippen LogP contribution in [0.15, 0.2) is 58.2 Å². The second-order valence-electron chi connectivity index (χ2n) is 4.81. The molecule has 7 heteroatoms. The minimum atomic E-state index is 0.731. The number of halogens is 1. The van der Waals surface area contributed by atoms with Crippen LogP contribution in [0.4, 0.5) is 0 Å². The summed E-state index contributed by atoms with van der Waals surface area (Å²) in [4.78, 5) is 9.18. The Morgan fingerprint density at radius 2 is 1.87 bits per heavy atom. The highest BCUT2D eigenvalue weighted by atomic mass is 79.9. The van der Waals surface area contributed by atoms with Gasteiger partial charge in [0.2, 0.25) is 5.16 Å². The summed E-state index contributed by atoms with van der Waals surface area (Å²) in [6.45, 7) is 0. The summed E-state index contributed by atoms with van der Waals surface area (Å²) in [6.07, 6.45) is 0. The van der Waals surface area contributed by atoms with E-state index in [1.54, 1.807) is 23.1 Å². The number of hydrogen-bond acceptors (Lipinski definition) is 5. The molecule has 0 amide bonds. The molecule has 0 atom stereocenters. The first-order valence-electron chi connectivity index (χ1n) is 6.94. The molecule has 2 heterocycles. The van der Waals surface area contributed by atoms with Crippen LogP contribution in [0, 0.1) is 0 Å². The molecule has 0 aliphatic carbocycles. The van der Waals surface area contributed by atoms with Gasteiger partial charge in [-0.15, -0.1) is 16.4 Å². The summed E-state index contributed by atoms with van der Waals surface area (Å²) < 4.78 is 2.21. The predicted octanol–water partition coefficient (Wildman–Crippen LogP) is 5.14. The fourth-order valence-electron chi connectivity index (χ4n) is 2.19. The molecule has 2 aromatic carbocycles. The van der Waals surface area contributed by atoms with Gasteiger partial charge in [-0.2, -0.15) is 0 Å². The summed E-state index contributed by atoms with van der Waals surface area (Å²) in [5.41, 5.74) is 2.06. The normalized spacial score (nSPS) is 11.2. The molecule has 114 valence electrons. The Bertz CT molecular complexity index is 930. The lowest BCUT2D eigenvalue weighted by atomic mass is 10.2. The maximum atomic E-state index is 4.63. The number of thioether (sulfide) groups is 1. The van der Waals surface area contributed by atoms with E-state index in [0.717, 1.165) is 37.3 Å². The molecule has 0 fully saturated rings. The lowest BCUT2D eigenvalue weighted by Gasteiger charge is -1.98. The van der Waals surface area contributed by atoms with E-state index in [4.69, 9.17) is 0 Å². The van der Waals surface area contributed by atoms with Crippen molar-refractivity contribution < 1.29 is 0 Å². The third-order valence-electron chi connectivity index (χ3n) is 3.26. The molecular formula is C16H11BrN4S2. The fourth-order valence-corrected chi connectivity index (χ4v) is 4.42. The molecule has 0 aliphatic heterocycles. The summed E-state index contributed by atoms with van der Waals surface area (Å²) in [5, 5.41) is 9.10. The van der Waals surface area contributed by atoms with Crippen LogP contribution in [-0.2, 0) is 5.75 Å². The molecule has 23 heavy (non-hydrogen) atoms. The van der Waals surface area contributed by atoms with Crippen LogP contribution in [0.25, 0.3) is 21.6 Å². The zero-order valence-corrected chi connectivity index (χ0v) is 15.1. The van der Waals surface area contributed by atoms with Crippen LogP contribution in [0.2, 0.25) is 0 Å². The number of aromatic nitrogens is 4. The molecule has 4 nitrogen and oxygen atoms in total. The van der Waals surface area contributed by atoms with Crippen LogP contribution >= 0.6 is 39.0 Å². The first-order chi connectivity index (χ1) is 11.3. The number of nitrogens with one attached hydrogen (secondary N) is 1. The van der Waals surface area contributed by atoms with Gasteiger partial charge in [0.25, 0.3) is 0 Å². The van der Waals surface area contributed by atoms with Gasteiger partial charge >= 0.3 is 0 Å². The number of rotatable bonds is 4. The quantitative estimate of drug-likeness (QED) is 0.480. The van der Waals surface area contributed by atoms with E-state index in [1.807, 2.05) is 42.5 Å². The highest BCUT2D eigenvalue weighted by molar-refractivity contribution is 9.10. The van der Waals surface area contributed by atoms with Crippen molar-refractivity contribution in [3.05, 3.63) is 58.0 Å². The molecule has 0 saturated carbocycles. The average Bonchev–Trinajstić information content (AvgIpc) is 3.19. The molecular weight excluding hydrogens is 392 g/mol. The van der Waals surface area contributed by atoms with E-state index in [0.29, 0.717) is 0 Å². The Hall–Kier alpha value is -1.70. The third kappa shape index (κ3) is 3.17. The lowest BCUT2D eigenvalue weighted by molar-refractivity contribution is 0.973. The van der Waals surface area contributed by atoms with Crippen LogP contribution in [0.5, 0.6) is 0 Å². The molecule has 4 rings (SSSR count). The Morgan fingerprint density at radius 3 is 2.74 bits per heavy atom. The molecule has 4 aromatic rings. The van der Waals surface area contributed by atoms with Gasteiger partial charge < -0.3 is 0 Å². The molecule has 0 saturated heterocycles. The maximum Gasteiger partial charge on any atom is 0.209 e. The van der Waals surface area contributed by atoms with Crippen LogP contribution in [-0.4, -0.2) is 20.2 Å². The van der Waals surface area contributed by atoms with Gasteiger partial charge in [-0.25, -0.2) is 9.97 Å². The number of nitrogens with zero attached hydrogens (tertiary/aromatic N) is 3.